The van der Waals surface area contributed by atoms with Gasteiger partial charge >= 0.3 is 35.1 Å². The van der Waals surface area contributed by atoms with Crippen molar-refractivity contribution in [1.29, 1.82) is 0 Å². The number of aromatic nitrogens is 2. The normalized spacial score (nSPS) is 21.6. The molecule has 6 atom stereocenters. The molecule has 46 heavy (non-hydrogen) atoms. The third kappa shape index (κ3) is 11.0. The highest BCUT2D eigenvalue weighted by atomic mass is 33.1. The van der Waals surface area contributed by atoms with Crippen LogP contribution >= 0.6 is 45.1 Å². The largest absolute Gasteiger partial charge is 0.490 e. The molecule has 1 amide bonds. The lowest BCUT2D eigenvalue weighted by molar-refractivity contribution is -0.114. The summed E-state index contributed by atoms with van der Waals surface area (Å²) in [6, 6.07) is 4.49. The van der Waals surface area contributed by atoms with Gasteiger partial charge in [0.2, 0.25) is 5.91 Å². The van der Waals surface area contributed by atoms with Crippen LogP contribution in [0.4, 0.5) is 5.69 Å². The maximum Gasteiger partial charge on any atom is 0.490 e. The predicted molar refractivity (Wildman–Crippen MR) is 164 cm³/mol. The van der Waals surface area contributed by atoms with Crippen molar-refractivity contribution in [3.63, 3.8) is 0 Å². The molecule has 0 aliphatic carbocycles. The number of aryl methyl sites for hydroxylation is 1. The molecule has 19 nitrogen and oxygen atoms in total. The lowest BCUT2D eigenvalue weighted by Gasteiger charge is -2.22. The summed E-state index contributed by atoms with van der Waals surface area (Å²) in [6.45, 7) is 3.56. The number of carbonyl (C=O) groups excluding carboxylic acids is 2. The Kier molecular flexibility index (Phi) is 12.9. The van der Waals surface area contributed by atoms with Crippen LogP contribution in [0.2, 0.25) is 0 Å². The third-order valence-electron chi connectivity index (χ3n) is 5.98. The second-order valence-corrected chi connectivity index (χ2v) is 16.8. The average Bonchev–Trinajstić information content (AvgIpc) is 3.29. The van der Waals surface area contributed by atoms with Gasteiger partial charge in [-0.2, -0.15) is 8.62 Å². The fraction of sp³-hybridized carbons (Fsp3) is 0.455. The molecule has 6 N–H and O–H groups in total. The second-order valence-electron chi connectivity index (χ2n) is 9.56. The summed E-state index contributed by atoms with van der Waals surface area (Å²) in [7, 11) is -14.2. The molecule has 0 spiro atoms. The summed E-state index contributed by atoms with van der Waals surface area (Å²) in [5, 5.41) is 2.36. The second kappa shape index (κ2) is 15.4. The van der Waals surface area contributed by atoms with Crippen molar-refractivity contribution >= 4 is 62.6 Å². The van der Waals surface area contributed by atoms with Crippen molar-refractivity contribution in [1.82, 2.24) is 9.55 Å². The lowest BCUT2D eigenvalue weighted by Crippen LogP contribution is -2.33. The number of phosphoric ester groups is 1. The predicted octanol–water partition coefficient (Wildman–Crippen LogP) is 2.73. The molecule has 1 aliphatic rings. The first-order chi connectivity index (χ1) is 21.2. The van der Waals surface area contributed by atoms with Gasteiger partial charge in [0.05, 0.1) is 12.2 Å². The fourth-order valence-corrected chi connectivity index (χ4v) is 8.97. The molecular weight excluding hydrogens is 719 g/mol. The van der Waals surface area contributed by atoms with Gasteiger partial charge in [0, 0.05) is 36.0 Å². The van der Waals surface area contributed by atoms with E-state index < -0.39 is 65.7 Å². The molecule has 1 aromatic carbocycles. The summed E-state index contributed by atoms with van der Waals surface area (Å²) in [5.41, 5.74) is -0.438. The summed E-state index contributed by atoms with van der Waals surface area (Å²) >= 11 is 0. The van der Waals surface area contributed by atoms with Crippen LogP contribution in [0.5, 0.6) is 0 Å². The van der Waals surface area contributed by atoms with E-state index in [2.05, 4.69) is 18.9 Å². The molecule has 1 aliphatic heterocycles. The van der Waals surface area contributed by atoms with Crippen LogP contribution in [0.1, 0.15) is 53.2 Å². The van der Waals surface area contributed by atoms with Gasteiger partial charge < -0.3 is 34.4 Å². The first-order valence-electron chi connectivity index (χ1n) is 12.8. The summed E-state index contributed by atoms with van der Waals surface area (Å²) < 4.78 is 59.5. The Labute approximate surface area is 268 Å². The molecule has 24 heteroatoms. The molecule has 3 rings (SSSR count). The zero-order valence-electron chi connectivity index (χ0n) is 24.3. The highest BCUT2D eigenvalue weighted by Crippen LogP contribution is 2.66. The first kappa shape index (κ1) is 38.4. The van der Waals surface area contributed by atoms with Crippen LogP contribution in [0.25, 0.3) is 0 Å². The number of anilines is 1. The maximum atomic E-state index is 13.5. The van der Waals surface area contributed by atoms with E-state index in [9.17, 15) is 42.7 Å². The van der Waals surface area contributed by atoms with Crippen molar-refractivity contribution in [3.05, 3.63) is 61.9 Å². The van der Waals surface area contributed by atoms with Gasteiger partial charge in [0.1, 0.15) is 18.4 Å². The Bertz CT molecular complexity index is 1730. The molecule has 3 unspecified atom stereocenters. The molecule has 2 aromatic rings. The van der Waals surface area contributed by atoms with Crippen LogP contribution in [0, 0.1) is 6.92 Å². The number of nitrogens with zero attached hydrogens (tertiary/aromatic N) is 1. The minimum atomic E-state index is -5.82. The maximum absolute atomic E-state index is 13.5. The monoisotopic (exact) mass is 749 g/mol. The van der Waals surface area contributed by atoms with Crippen molar-refractivity contribution in [2.24, 2.45) is 0 Å². The molecule has 0 bridgehead atoms. The van der Waals surface area contributed by atoms with Crippen LogP contribution in [-0.2, 0) is 41.1 Å². The smallest absolute Gasteiger partial charge is 0.456 e. The van der Waals surface area contributed by atoms with Gasteiger partial charge in [-0.25, -0.2) is 23.3 Å². The van der Waals surface area contributed by atoms with E-state index in [0.29, 0.717) is 11.3 Å². The van der Waals surface area contributed by atoms with Gasteiger partial charge in [-0.05, 0) is 43.9 Å². The molecule has 256 valence electrons. The van der Waals surface area contributed by atoms with E-state index in [0.717, 1.165) is 4.57 Å². The van der Waals surface area contributed by atoms with Crippen LogP contribution in [-0.4, -0.2) is 66.1 Å². The number of amides is 1. The Morgan fingerprint density at radius 3 is 2.43 bits per heavy atom. The van der Waals surface area contributed by atoms with Crippen molar-refractivity contribution in [3.8, 4) is 0 Å². The number of hydrogen-bond acceptors (Lipinski definition) is 14. The summed E-state index contributed by atoms with van der Waals surface area (Å²) in [5.74, 6) is -1.23. The van der Waals surface area contributed by atoms with E-state index in [-0.39, 0.29) is 28.7 Å². The molecule has 0 radical (unpaired) electrons. The van der Waals surface area contributed by atoms with E-state index in [1.165, 1.54) is 53.8 Å². The van der Waals surface area contributed by atoms with Gasteiger partial charge in [-0.3, -0.25) is 23.7 Å². The lowest BCUT2D eigenvalue weighted by atomic mass is 10.0. The van der Waals surface area contributed by atoms with E-state index in [1.807, 2.05) is 13.2 Å². The van der Waals surface area contributed by atoms with Crippen LogP contribution in [0.3, 0.4) is 0 Å². The van der Waals surface area contributed by atoms with Crippen molar-refractivity contribution in [2.75, 3.05) is 18.2 Å². The molecule has 1 aromatic heterocycles. The number of aromatic amines is 1. The van der Waals surface area contributed by atoms with Gasteiger partial charge in [0.25, 0.3) is 5.56 Å². The fourth-order valence-electron chi connectivity index (χ4n) is 4.18. The number of ether oxygens (including phenoxy) is 2. The standard InChI is InChI=1S/C22H30N3O16P3S2/c1-11-9-25(22(29)24-20(11)27)19-8-17(18(38-19)10-37-43(33,34)41-44(35,36)40-42(30,31)32)39-21(28)15-6-5-14(23-13(3)26)7-16(15)12(2)46-45-4/h5-7,9,12,17-19H,8,10H2,1-4H3,(H,23,26)(H,33,34)(H,35,36)(H,24,27,29)(H2,30,31,32)/t12?,17-,18-,19-/m1/s1. The minimum Gasteiger partial charge on any atom is -0.456 e. The van der Waals surface area contributed by atoms with E-state index >= 15 is 0 Å². The average molecular weight is 750 g/mol. The molecular formula is C22H30N3O16P3S2. The minimum absolute atomic E-state index is 0.0929. The molecule has 0 saturated carbocycles. The summed E-state index contributed by atoms with van der Waals surface area (Å²) in [6.07, 6.45) is -1.22. The number of carbonyl (C=O) groups is 2. The number of esters is 1. The number of rotatable bonds is 14. The summed E-state index contributed by atoms with van der Waals surface area (Å²) in [4.78, 5) is 88.4. The number of benzene rings is 1. The topological polar surface area (TPSA) is 279 Å². The number of H-pyrrole nitrogens is 1. The number of phosphoric acid groups is 3. The van der Waals surface area contributed by atoms with Crippen molar-refractivity contribution < 1.29 is 65.5 Å². The highest BCUT2D eigenvalue weighted by Gasteiger charge is 2.44. The zero-order chi connectivity index (χ0) is 34.6. The first-order valence-corrected chi connectivity index (χ1v) is 19.9. The third-order valence-corrected chi connectivity index (χ3v) is 12.0. The SMILES string of the molecule is CSSC(C)c1cc(NC(C)=O)ccc1C(=O)O[C@@H]1C[C@H](n2cc(C)c(=O)[nH]c2=O)O[C@@H]1COP(=O)(O)OP(=O)(O)OP(=O)(O)O. The Morgan fingerprint density at radius 1 is 1.15 bits per heavy atom. The van der Waals surface area contributed by atoms with Crippen LogP contribution < -0.4 is 16.6 Å². The molecule has 2 heterocycles. The van der Waals surface area contributed by atoms with E-state index in [4.69, 9.17) is 23.8 Å². The Balaban J connectivity index is 1.92. The Morgan fingerprint density at radius 2 is 1.83 bits per heavy atom. The number of nitrogens with one attached hydrogen (secondary N) is 2. The zero-order valence-corrected chi connectivity index (χ0v) is 28.6. The number of hydrogen-bond donors (Lipinski definition) is 6. The quantitative estimate of drug-likeness (QED) is 0.0920. The van der Waals surface area contributed by atoms with Crippen molar-refractivity contribution in [2.45, 2.75) is 50.9 Å². The van der Waals surface area contributed by atoms with Gasteiger partial charge in [0.15, 0.2) is 0 Å². The van der Waals surface area contributed by atoms with Crippen LogP contribution in [0.15, 0.2) is 34.0 Å². The molecule has 1 fully saturated rings. The highest BCUT2D eigenvalue weighted by molar-refractivity contribution is 8.76. The van der Waals surface area contributed by atoms with Gasteiger partial charge in [-0.1, -0.05) is 21.6 Å². The van der Waals surface area contributed by atoms with E-state index in [1.54, 1.807) is 6.07 Å². The van der Waals surface area contributed by atoms with Gasteiger partial charge in [-0.15, -0.1) is 0 Å². The molecule has 1 saturated heterocycles. The Hall–Kier alpha value is -2.09.